The lowest BCUT2D eigenvalue weighted by Gasteiger charge is -2.32. The molecule has 23 heavy (non-hydrogen) atoms. The van der Waals surface area contributed by atoms with Crippen LogP contribution in [0.4, 0.5) is 4.79 Å². The minimum Gasteiger partial charge on any atom is -0.452 e. The number of ether oxygens (including phenoxy) is 1. The molecule has 4 heteroatoms. The Balaban J connectivity index is 1.96. The minimum absolute atomic E-state index is 0.283. The Bertz CT molecular complexity index is 777. The van der Waals surface area contributed by atoms with Crippen molar-refractivity contribution in [1.29, 1.82) is 0 Å². The standard InChI is InChI=1S/C19H22N2O2/c1-3-11-20-12-10-13-8-9-16-17(18(13)20)14-6-4-5-7-15(14)21(16)19(22)23-2/h3-7,13,18H,1,8-12H2,2H3. The van der Waals surface area contributed by atoms with E-state index in [-0.39, 0.29) is 6.09 Å². The first-order chi connectivity index (χ1) is 11.3. The van der Waals surface area contributed by atoms with E-state index < -0.39 is 0 Å². The van der Waals surface area contributed by atoms with Crippen LogP contribution >= 0.6 is 0 Å². The Morgan fingerprint density at radius 3 is 3.00 bits per heavy atom. The van der Waals surface area contributed by atoms with E-state index in [0.29, 0.717) is 12.0 Å². The fraction of sp³-hybridized carbons (Fsp3) is 0.421. The quantitative estimate of drug-likeness (QED) is 0.792. The third-order valence-corrected chi connectivity index (χ3v) is 5.41. The Morgan fingerprint density at radius 2 is 2.22 bits per heavy atom. The normalized spacial score (nSPS) is 23.5. The van der Waals surface area contributed by atoms with E-state index >= 15 is 0 Å². The zero-order chi connectivity index (χ0) is 16.0. The number of likely N-dealkylation sites (tertiary alicyclic amines) is 1. The van der Waals surface area contributed by atoms with Crippen LogP contribution in [0.2, 0.25) is 0 Å². The summed E-state index contributed by atoms with van der Waals surface area (Å²) in [5.41, 5.74) is 3.44. The van der Waals surface area contributed by atoms with Crippen LogP contribution in [0, 0.1) is 5.92 Å². The van der Waals surface area contributed by atoms with Crippen LogP contribution in [0.3, 0.4) is 0 Å². The van der Waals surface area contributed by atoms with E-state index in [1.165, 1.54) is 24.5 Å². The van der Waals surface area contributed by atoms with Crippen LogP contribution in [-0.4, -0.2) is 35.8 Å². The van der Waals surface area contributed by atoms with E-state index in [1.54, 1.807) is 4.57 Å². The summed E-state index contributed by atoms with van der Waals surface area (Å²) in [6, 6.07) is 8.60. The van der Waals surface area contributed by atoms with E-state index in [2.05, 4.69) is 23.6 Å². The van der Waals surface area contributed by atoms with Gasteiger partial charge in [-0.05, 0) is 43.4 Å². The number of methoxy groups -OCH3 is 1. The molecule has 1 aromatic heterocycles. The van der Waals surface area contributed by atoms with Crippen LogP contribution in [0.15, 0.2) is 36.9 Å². The van der Waals surface area contributed by atoms with Crippen molar-refractivity contribution >= 4 is 17.0 Å². The predicted octanol–water partition coefficient (Wildman–Crippen LogP) is 3.75. The van der Waals surface area contributed by atoms with Gasteiger partial charge in [-0.2, -0.15) is 0 Å². The molecule has 2 heterocycles. The molecule has 0 bridgehead atoms. The second-order valence-electron chi connectivity index (χ2n) is 6.50. The van der Waals surface area contributed by atoms with Crippen molar-refractivity contribution in [3.63, 3.8) is 0 Å². The van der Waals surface area contributed by atoms with Crippen LogP contribution < -0.4 is 0 Å². The highest BCUT2D eigenvalue weighted by Crippen LogP contribution is 2.48. The number of fused-ring (bicyclic) bond motifs is 5. The van der Waals surface area contributed by atoms with Gasteiger partial charge in [-0.1, -0.05) is 24.3 Å². The zero-order valence-electron chi connectivity index (χ0n) is 13.5. The molecule has 1 aliphatic carbocycles. The van der Waals surface area contributed by atoms with E-state index in [9.17, 15) is 4.79 Å². The largest absolute Gasteiger partial charge is 0.452 e. The Hall–Kier alpha value is -2.07. The average Bonchev–Trinajstić information content (AvgIpc) is 3.13. The molecule has 1 fully saturated rings. The Morgan fingerprint density at radius 1 is 1.39 bits per heavy atom. The van der Waals surface area contributed by atoms with Crippen molar-refractivity contribution in [1.82, 2.24) is 9.47 Å². The van der Waals surface area contributed by atoms with Crippen LogP contribution in [-0.2, 0) is 11.2 Å². The fourth-order valence-electron chi connectivity index (χ4n) is 4.53. The van der Waals surface area contributed by atoms with E-state index in [4.69, 9.17) is 4.74 Å². The highest BCUT2D eigenvalue weighted by atomic mass is 16.5. The van der Waals surface area contributed by atoms with Crippen LogP contribution in [0.5, 0.6) is 0 Å². The molecule has 4 rings (SSSR count). The number of para-hydroxylation sites is 1. The lowest BCUT2D eigenvalue weighted by Crippen LogP contribution is -2.30. The summed E-state index contributed by atoms with van der Waals surface area (Å²) in [4.78, 5) is 14.9. The number of hydrogen-bond acceptors (Lipinski definition) is 3. The molecule has 2 unspecified atom stereocenters. The lowest BCUT2D eigenvalue weighted by molar-refractivity contribution is 0.172. The van der Waals surface area contributed by atoms with Gasteiger partial charge in [-0.25, -0.2) is 9.36 Å². The molecule has 120 valence electrons. The Kier molecular flexibility index (Phi) is 3.49. The Labute approximate surface area is 136 Å². The second kappa shape index (κ2) is 5.53. The van der Waals surface area contributed by atoms with E-state index in [1.807, 2.05) is 18.2 Å². The van der Waals surface area contributed by atoms with Crippen LogP contribution in [0.1, 0.15) is 30.1 Å². The summed E-state index contributed by atoms with van der Waals surface area (Å²) in [6.45, 7) is 5.92. The predicted molar refractivity (Wildman–Crippen MR) is 90.7 cm³/mol. The number of rotatable bonds is 2. The van der Waals surface area contributed by atoms with Crippen LogP contribution in [0.25, 0.3) is 10.9 Å². The first-order valence-corrected chi connectivity index (χ1v) is 8.31. The zero-order valence-corrected chi connectivity index (χ0v) is 13.5. The molecule has 1 saturated heterocycles. The summed E-state index contributed by atoms with van der Waals surface area (Å²) in [5.74, 6) is 0.680. The van der Waals surface area contributed by atoms with Crippen molar-refractivity contribution < 1.29 is 9.53 Å². The number of carbonyl (C=O) groups excluding carboxylic acids is 1. The molecular formula is C19H22N2O2. The highest BCUT2D eigenvalue weighted by molar-refractivity contribution is 5.94. The summed E-state index contributed by atoms with van der Waals surface area (Å²) < 4.78 is 6.83. The third kappa shape index (κ3) is 2.05. The molecule has 2 atom stereocenters. The first-order valence-electron chi connectivity index (χ1n) is 8.31. The summed E-state index contributed by atoms with van der Waals surface area (Å²) >= 11 is 0. The molecule has 1 aliphatic heterocycles. The molecule has 2 aliphatic rings. The minimum atomic E-state index is -0.283. The summed E-state index contributed by atoms with van der Waals surface area (Å²) in [7, 11) is 1.45. The maximum absolute atomic E-state index is 12.4. The molecule has 0 amide bonds. The van der Waals surface area contributed by atoms with Gasteiger partial charge in [0.2, 0.25) is 0 Å². The number of benzene rings is 1. The fourth-order valence-corrected chi connectivity index (χ4v) is 4.53. The van der Waals surface area contributed by atoms with Crippen molar-refractivity contribution in [3.8, 4) is 0 Å². The number of nitrogens with zero attached hydrogens (tertiary/aromatic N) is 2. The number of aromatic nitrogens is 1. The van der Waals surface area contributed by atoms with Gasteiger partial charge in [-0.15, -0.1) is 6.58 Å². The summed E-state index contributed by atoms with van der Waals surface area (Å²) in [5, 5.41) is 1.19. The molecule has 0 spiro atoms. The van der Waals surface area contributed by atoms with Gasteiger partial charge in [-0.3, -0.25) is 4.90 Å². The lowest BCUT2D eigenvalue weighted by atomic mass is 9.82. The van der Waals surface area contributed by atoms with Crippen molar-refractivity contribution in [2.75, 3.05) is 20.2 Å². The smallest absolute Gasteiger partial charge is 0.418 e. The number of hydrogen-bond donors (Lipinski definition) is 0. The van der Waals surface area contributed by atoms with Gasteiger partial charge in [0.1, 0.15) is 0 Å². The maximum Gasteiger partial charge on any atom is 0.418 e. The van der Waals surface area contributed by atoms with Crippen molar-refractivity contribution in [2.45, 2.75) is 25.3 Å². The van der Waals surface area contributed by atoms with Crippen molar-refractivity contribution in [3.05, 3.63) is 48.2 Å². The van der Waals surface area contributed by atoms with Crippen molar-refractivity contribution in [2.24, 2.45) is 5.92 Å². The molecule has 1 aromatic carbocycles. The van der Waals surface area contributed by atoms with Gasteiger partial charge >= 0.3 is 6.09 Å². The van der Waals surface area contributed by atoms with E-state index in [0.717, 1.165) is 37.1 Å². The maximum atomic E-state index is 12.4. The highest BCUT2D eigenvalue weighted by Gasteiger charge is 2.41. The summed E-state index contributed by atoms with van der Waals surface area (Å²) in [6.07, 6.45) is 5.02. The molecule has 0 N–H and O–H groups in total. The van der Waals surface area contributed by atoms with Gasteiger partial charge < -0.3 is 4.74 Å². The van der Waals surface area contributed by atoms with Gasteiger partial charge in [0.05, 0.1) is 12.6 Å². The van der Waals surface area contributed by atoms with Gasteiger partial charge in [0, 0.05) is 23.7 Å². The molecule has 4 nitrogen and oxygen atoms in total. The second-order valence-corrected chi connectivity index (χ2v) is 6.50. The molecule has 0 saturated carbocycles. The average molecular weight is 310 g/mol. The number of carbonyl (C=O) groups is 1. The molecule has 0 radical (unpaired) electrons. The molecule has 2 aromatic rings. The monoisotopic (exact) mass is 310 g/mol. The topological polar surface area (TPSA) is 34.5 Å². The molecular weight excluding hydrogens is 288 g/mol. The van der Waals surface area contributed by atoms with Gasteiger partial charge in [0.15, 0.2) is 0 Å². The third-order valence-electron chi connectivity index (χ3n) is 5.41. The first kappa shape index (κ1) is 14.5. The van der Waals surface area contributed by atoms with Gasteiger partial charge in [0.25, 0.3) is 0 Å². The SMILES string of the molecule is C=CCN1CCC2CCc3c(c4ccccc4n3C(=O)OC)C21.